The zero-order valence-corrected chi connectivity index (χ0v) is 15.3. The molecule has 0 radical (unpaired) electrons. The predicted octanol–water partition coefficient (Wildman–Crippen LogP) is 4.96. The first-order valence-corrected chi connectivity index (χ1v) is 9.03. The van der Waals surface area contributed by atoms with Crippen LogP contribution in [0.4, 0.5) is 11.4 Å². The van der Waals surface area contributed by atoms with Crippen LogP contribution in [-0.4, -0.2) is 5.91 Å². The lowest BCUT2D eigenvalue weighted by Gasteiger charge is -2.10. The van der Waals surface area contributed by atoms with Gasteiger partial charge in [0.2, 0.25) is 5.91 Å². The Kier molecular flexibility index (Phi) is 5.81. The highest BCUT2D eigenvalue weighted by Crippen LogP contribution is 2.34. The third kappa shape index (κ3) is 5.04. The van der Waals surface area contributed by atoms with E-state index in [-0.39, 0.29) is 5.91 Å². The second-order valence-corrected chi connectivity index (χ2v) is 6.90. The molecule has 0 aliphatic rings. The van der Waals surface area contributed by atoms with E-state index in [9.17, 15) is 4.79 Å². The van der Waals surface area contributed by atoms with Crippen LogP contribution < -0.4 is 15.8 Å². The van der Waals surface area contributed by atoms with Crippen LogP contribution in [0.1, 0.15) is 12.5 Å². The van der Waals surface area contributed by atoms with Gasteiger partial charge >= 0.3 is 0 Å². The molecule has 1 amide bonds. The molecule has 0 saturated carbocycles. The van der Waals surface area contributed by atoms with Crippen LogP contribution in [0.3, 0.4) is 0 Å². The average molecular weight is 364 g/mol. The lowest BCUT2D eigenvalue weighted by molar-refractivity contribution is -0.114. The summed E-state index contributed by atoms with van der Waals surface area (Å²) < 4.78 is 5.80. The Labute approximate surface area is 157 Å². The number of amides is 1. The number of nitrogens with two attached hydrogens (primary N) is 1. The quantitative estimate of drug-likeness (QED) is 0.607. The Morgan fingerprint density at radius 1 is 1.04 bits per heavy atom. The fraction of sp³-hybridized carbons (Fsp3) is 0.0952. The Bertz CT molecular complexity index is 880. The van der Waals surface area contributed by atoms with Gasteiger partial charge in [-0.25, -0.2) is 0 Å². The zero-order chi connectivity index (χ0) is 18.4. The van der Waals surface area contributed by atoms with Gasteiger partial charge in [-0.2, -0.15) is 0 Å². The largest absolute Gasteiger partial charge is 0.489 e. The maximum absolute atomic E-state index is 11.1. The van der Waals surface area contributed by atoms with E-state index >= 15 is 0 Å². The predicted molar refractivity (Wildman–Crippen MR) is 106 cm³/mol. The van der Waals surface area contributed by atoms with Crippen molar-refractivity contribution in [2.45, 2.75) is 23.3 Å². The average Bonchev–Trinajstić information content (AvgIpc) is 2.64. The molecule has 0 heterocycles. The number of nitrogens with one attached hydrogen (secondary N) is 1. The number of rotatable bonds is 6. The summed E-state index contributed by atoms with van der Waals surface area (Å²) in [7, 11) is 0. The monoisotopic (exact) mass is 364 g/mol. The maximum Gasteiger partial charge on any atom is 0.221 e. The van der Waals surface area contributed by atoms with Gasteiger partial charge in [0.25, 0.3) is 0 Å². The minimum absolute atomic E-state index is 0.0826. The summed E-state index contributed by atoms with van der Waals surface area (Å²) in [5, 5.41) is 2.75. The first kappa shape index (κ1) is 17.9. The molecule has 0 saturated heterocycles. The highest BCUT2D eigenvalue weighted by atomic mass is 32.2. The molecule has 26 heavy (non-hydrogen) atoms. The SMILES string of the molecule is CC(=O)Nc1ccc(Sc2ccc(OCc3ccccc3)cc2N)cc1. The number of ether oxygens (including phenoxy) is 1. The molecule has 3 aromatic rings. The second-order valence-electron chi connectivity index (χ2n) is 5.78. The molecule has 3 N–H and O–H groups in total. The van der Waals surface area contributed by atoms with Crippen LogP contribution in [0.15, 0.2) is 82.6 Å². The molecule has 0 aliphatic carbocycles. The van der Waals surface area contributed by atoms with Gasteiger partial charge in [-0.3, -0.25) is 4.79 Å². The molecule has 0 spiro atoms. The summed E-state index contributed by atoms with van der Waals surface area (Å²) in [5.74, 6) is 0.664. The van der Waals surface area contributed by atoms with Crippen molar-refractivity contribution in [3.63, 3.8) is 0 Å². The van der Waals surface area contributed by atoms with Crippen LogP contribution >= 0.6 is 11.8 Å². The van der Waals surface area contributed by atoms with Gasteiger partial charge in [0.1, 0.15) is 12.4 Å². The van der Waals surface area contributed by atoms with Crippen molar-refractivity contribution < 1.29 is 9.53 Å². The van der Waals surface area contributed by atoms with Crippen molar-refractivity contribution in [1.29, 1.82) is 0 Å². The van der Waals surface area contributed by atoms with E-state index in [1.165, 1.54) is 6.92 Å². The molecule has 0 aromatic heterocycles. The smallest absolute Gasteiger partial charge is 0.221 e. The summed E-state index contributed by atoms with van der Waals surface area (Å²) in [6, 6.07) is 23.4. The number of hydrogen-bond donors (Lipinski definition) is 2. The summed E-state index contributed by atoms with van der Waals surface area (Å²) in [6.07, 6.45) is 0. The number of nitrogen functional groups attached to an aromatic ring is 1. The van der Waals surface area contributed by atoms with E-state index < -0.39 is 0 Å². The Morgan fingerprint density at radius 2 is 1.77 bits per heavy atom. The van der Waals surface area contributed by atoms with Gasteiger partial charge in [0, 0.05) is 34.2 Å². The van der Waals surface area contributed by atoms with Gasteiger partial charge in [0.05, 0.1) is 0 Å². The van der Waals surface area contributed by atoms with Crippen LogP contribution in [0.2, 0.25) is 0 Å². The van der Waals surface area contributed by atoms with Crippen molar-refractivity contribution in [3.05, 3.63) is 78.4 Å². The molecule has 4 nitrogen and oxygen atoms in total. The minimum atomic E-state index is -0.0826. The third-order valence-corrected chi connectivity index (χ3v) is 4.73. The van der Waals surface area contributed by atoms with E-state index in [1.54, 1.807) is 11.8 Å². The Hall–Kier alpha value is -2.92. The van der Waals surface area contributed by atoms with Crippen LogP contribution in [0.25, 0.3) is 0 Å². The number of benzene rings is 3. The molecule has 5 heteroatoms. The van der Waals surface area contributed by atoms with E-state index in [0.717, 1.165) is 26.8 Å². The highest BCUT2D eigenvalue weighted by molar-refractivity contribution is 7.99. The van der Waals surface area contributed by atoms with Gasteiger partial charge < -0.3 is 15.8 Å². The summed E-state index contributed by atoms with van der Waals surface area (Å²) in [4.78, 5) is 13.1. The first-order chi connectivity index (χ1) is 12.6. The summed E-state index contributed by atoms with van der Waals surface area (Å²) in [6.45, 7) is 2.00. The van der Waals surface area contributed by atoms with E-state index in [1.807, 2.05) is 72.8 Å². The molecule has 3 rings (SSSR count). The standard InChI is InChI=1S/C21H20N2O2S/c1-15(24)23-17-7-10-19(11-8-17)26-21-12-9-18(13-20(21)22)25-14-16-5-3-2-4-6-16/h2-13H,14,22H2,1H3,(H,23,24). The van der Waals surface area contributed by atoms with Crippen molar-refractivity contribution in [3.8, 4) is 5.75 Å². The summed E-state index contributed by atoms with van der Waals surface area (Å²) in [5.41, 5.74) is 8.74. The summed E-state index contributed by atoms with van der Waals surface area (Å²) >= 11 is 1.57. The molecule has 0 aliphatic heterocycles. The lowest BCUT2D eigenvalue weighted by Crippen LogP contribution is -2.05. The zero-order valence-electron chi connectivity index (χ0n) is 14.4. The molecule has 0 unspecified atom stereocenters. The third-order valence-electron chi connectivity index (χ3n) is 3.63. The molecule has 0 atom stereocenters. The highest BCUT2D eigenvalue weighted by Gasteiger charge is 2.05. The molecule has 0 bridgehead atoms. The Balaban J connectivity index is 1.63. The van der Waals surface area contributed by atoms with Crippen LogP contribution in [0.5, 0.6) is 5.75 Å². The normalized spacial score (nSPS) is 10.3. The van der Waals surface area contributed by atoms with Crippen LogP contribution in [-0.2, 0) is 11.4 Å². The molecular formula is C21H20N2O2S. The second kappa shape index (κ2) is 8.45. The number of carbonyl (C=O) groups is 1. The van der Waals surface area contributed by atoms with Gasteiger partial charge in [-0.1, -0.05) is 42.1 Å². The topological polar surface area (TPSA) is 64.3 Å². The van der Waals surface area contributed by atoms with Crippen molar-refractivity contribution in [1.82, 2.24) is 0 Å². The van der Waals surface area contributed by atoms with Gasteiger partial charge in [0.15, 0.2) is 0 Å². The van der Waals surface area contributed by atoms with E-state index in [0.29, 0.717) is 12.3 Å². The van der Waals surface area contributed by atoms with Crippen LogP contribution in [0, 0.1) is 0 Å². The number of carbonyl (C=O) groups excluding carboxylic acids is 1. The lowest BCUT2D eigenvalue weighted by atomic mass is 10.2. The maximum atomic E-state index is 11.1. The van der Waals surface area contributed by atoms with Gasteiger partial charge in [-0.15, -0.1) is 0 Å². The Morgan fingerprint density at radius 3 is 2.42 bits per heavy atom. The number of hydrogen-bond acceptors (Lipinski definition) is 4. The van der Waals surface area contributed by atoms with E-state index in [4.69, 9.17) is 10.5 Å². The first-order valence-electron chi connectivity index (χ1n) is 8.22. The molecule has 3 aromatic carbocycles. The van der Waals surface area contributed by atoms with Crippen molar-refractivity contribution in [2.24, 2.45) is 0 Å². The molecular weight excluding hydrogens is 344 g/mol. The fourth-order valence-electron chi connectivity index (χ4n) is 2.39. The van der Waals surface area contributed by atoms with Crippen molar-refractivity contribution >= 4 is 29.0 Å². The number of anilines is 2. The molecule has 0 fully saturated rings. The minimum Gasteiger partial charge on any atom is -0.489 e. The van der Waals surface area contributed by atoms with Crippen molar-refractivity contribution in [2.75, 3.05) is 11.1 Å². The van der Waals surface area contributed by atoms with Gasteiger partial charge in [-0.05, 0) is 42.0 Å². The molecule has 132 valence electrons. The van der Waals surface area contributed by atoms with E-state index in [2.05, 4.69) is 5.32 Å². The fourth-order valence-corrected chi connectivity index (χ4v) is 3.23.